The summed E-state index contributed by atoms with van der Waals surface area (Å²) in [7, 11) is 1.62. The number of nitrogens with zero attached hydrogens (tertiary/aromatic N) is 3. The van der Waals surface area contributed by atoms with Gasteiger partial charge in [-0.1, -0.05) is 35.9 Å². The van der Waals surface area contributed by atoms with Gasteiger partial charge in [-0.05, 0) is 53.6 Å². The Hall–Kier alpha value is -3.97. The van der Waals surface area contributed by atoms with Gasteiger partial charge in [-0.15, -0.1) is 0 Å². The Morgan fingerprint density at radius 3 is 2.55 bits per heavy atom. The highest BCUT2D eigenvalue weighted by Gasteiger charge is 2.12. The maximum Gasteiger partial charge on any atom is 0.303 e. The van der Waals surface area contributed by atoms with E-state index >= 15 is 0 Å². The van der Waals surface area contributed by atoms with Crippen molar-refractivity contribution in [1.29, 1.82) is 0 Å². The molecule has 0 unspecified atom stereocenters. The number of anilines is 1. The fraction of sp³-hybridized carbons (Fsp3) is 0.120. The summed E-state index contributed by atoms with van der Waals surface area (Å²) in [5.41, 5.74) is 6.73. The summed E-state index contributed by atoms with van der Waals surface area (Å²) in [6.07, 6.45) is 1.87. The minimum atomic E-state index is -0.899. The molecule has 0 aliphatic carbocycles. The van der Waals surface area contributed by atoms with Gasteiger partial charge in [0.15, 0.2) is 11.5 Å². The van der Waals surface area contributed by atoms with E-state index in [-0.39, 0.29) is 12.8 Å². The lowest BCUT2D eigenvalue weighted by Gasteiger charge is -2.12. The van der Waals surface area contributed by atoms with Crippen molar-refractivity contribution in [2.45, 2.75) is 12.8 Å². The third kappa shape index (κ3) is 5.45. The van der Waals surface area contributed by atoms with Crippen molar-refractivity contribution in [2.24, 2.45) is 5.10 Å². The van der Waals surface area contributed by atoms with Crippen LogP contribution in [0.5, 0.6) is 5.75 Å². The number of aromatic nitrogens is 2. The fourth-order valence-corrected chi connectivity index (χ4v) is 3.46. The molecule has 0 bridgehead atoms. The highest BCUT2D eigenvalue weighted by Crippen LogP contribution is 2.31. The summed E-state index contributed by atoms with van der Waals surface area (Å²) >= 11 is 6.01. The smallest absolute Gasteiger partial charge is 0.303 e. The molecule has 0 aliphatic rings. The number of methoxy groups -OCH3 is 1. The number of hydrogen-bond acceptors (Lipinski definition) is 6. The maximum atomic E-state index is 11.2. The molecule has 2 heterocycles. The first kappa shape index (κ1) is 22.2. The Morgan fingerprint density at radius 1 is 1.09 bits per heavy atom. The minimum absolute atomic E-state index is 0.0544. The monoisotopic (exact) mass is 460 g/mol. The molecule has 0 aliphatic heterocycles. The third-order valence-corrected chi connectivity index (χ3v) is 5.29. The van der Waals surface area contributed by atoms with Crippen LogP contribution in [0.3, 0.4) is 0 Å². The number of fused-ring (bicyclic) bond motifs is 1. The molecule has 0 radical (unpaired) electrons. The first-order valence-electron chi connectivity index (χ1n) is 10.2. The molecule has 7 nitrogen and oxygen atoms in total. The zero-order chi connectivity index (χ0) is 23.2. The van der Waals surface area contributed by atoms with Crippen LogP contribution in [0.15, 0.2) is 78.0 Å². The van der Waals surface area contributed by atoms with Crippen molar-refractivity contribution >= 4 is 40.1 Å². The molecule has 0 fully saturated rings. The second-order valence-electron chi connectivity index (χ2n) is 7.23. The quantitative estimate of drug-likeness (QED) is 0.261. The van der Waals surface area contributed by atoms with E-state index in [2.05, 4.69) is 20.5 Å². The van der Waals surface area contributed by atoms with Crippen molar-refractivity contribution in [3.05, 3.63) is 83.5 Å². The van der Waals surface area contributed by atoms with Crippen LogP contribution < -0.4 is 10.2 Å². The molecule has 0 amide bonds. The van der Waals surface area contributed by atoms with Crippen LogP contribution in [0.25, 0.3) is 22.2 Å². The van der Waals surface area contributed by atoms with Crippen molar-refractivity contribution in [2.75, 3.05) is 12.5 Å². The zero-order valence-corrected chi connectivity index (χ0v) is 18.6. The normalized spacial score (nSPS) is 11.4. The summed E-state index contributed by atoms with van der Waals surface area (Å²) in [5.74, 6) is 0.358. The highest BCUT2D eigenvalue weighted by molar-refractivity contribution is 6.30. The first-order valence-corrected chi connectivity index (χ1v) is 10.6. The number of carboxylic acids is 1. The Balaban J connectivity index is 1.76. The largest absolute Gasteiger partial charge is 0.497 e. The number of hydrazone groups is 1. The minimum Gasteiger partial charge on any atom is -0.497 e. The van der Waals surface area contributed by atoms with Gasteiger partial charge in [0.25, 0.3) is 0 Å². The van der Waals surface area contributed by atoms with Gasteiger partial charge in [-0.2, -0.15) is 5.10 Å². The molecule has 33 heavy (non-hydrogen) atoms. The number of halogens is 1. The Morgan fingerprint density at radius 2 is 1.85 bits per heavy atom. The number of nitrogens with one attached hydrogen (secondary N) is 1. The number of ether oxygens (including phenoxy) is 1. The molecular formula is C25H21ClN4O3. The van der Waals surface area contributed by atoms with Crippen LogP contribution in [0.4, 0.5) is 5.82 Å². The lowest BCUT2D eigenvalue weighted by Crippen LogP contribution is -2.09. The van der Waals surface area contributed by atoms with E-state index in [0.717, 1.165) is 27.8 Å². The van der Waals surface area contributed by atoms with Crippen LogP contribution in [0, 0.1) is 0 Å². The number of carbonyl (C=O) groups is 1. The van der Waals surface area contributed by atoms with Gasteiger partial charge in [0.05, 0.1) is 19.2 Å². The number of aliphatic carboxylic acids is 1. The predicted octanol–water partition coefficient (Wildman–Crippen LogP) is 5.64. The molecule has 4 aromatic rings. The van der Waals surface area contributed by atoms with Gasteiger partial charge >= 0.3 is 5.97 Å². The van der Waals surface area contributed by atoms with Gasteiger partial charge < -0.3 is 9.84 Å². The molecule has 2 aromatic carbocycles. The van der Waals surface area contributed by atoms with E-state index in [4.69, 9.17) is 21.4 Å². The van der Waals surface area contributed by atoms with Crippen molar-refractivity contribution in [3.63, 3.8) is 0 Å². The lowest BCUT2D eigenvalue weighted by atomic mass is 10.0. The Bertz CT molecular complexity index is 1310. The molecule has 0 spiro atoms. The van der Waals surface area contributed by atoms with Crippen LogP contribution in [0.1, 0.15) is 18.4 Å². The molecule has 2 N–H and O–H groups in total. The molecule has 4 rings (SSSR count). The van der Waals surface area contributed by atoms with E-state index in [1.54, 1.807) is 25.4 Å². The zero-order valence-electron chi connectivity index (χ0n) is 17.8. The molecule has 0 saturated heterocycles. The summed E-state index contributed by atoms with van der Waals surface area (Å²) in [5, 5.41) is 15.2. The number of pyridine rings is 2. The average molecular weight is 461 g/mol. The summed E-state index contributed by atoms with van der Waals surface area (Å²) in [6, 6.07) is 20.5. The number of hydrogen-bond donors (Lipinski definition) is 2. The first-order chi connectivity index (χ1) is 16.0. The van der Waals surface area contributed by atoms with Crippen LogP contribution >= 0.6 is 11.6 Å². The molecule has 8 heteroatoms. The van der Waals surface area contributed by atoms with Gasteiger partial charge in [-0.3, -0.25) is 10.2 Å². The predicted molar refractivity (Wildman–Crippen MR) is 130 cm³/mol. The fourth-order valence-electron chi connectivity index (χ4n) is 3.33. The van der Waals surface area contributed by atoms with Gasteiger partial charge in [-0.25, -0.2) is 9.97 Å². The van der Waals surface area contributed by atoms with Gasteiger partial charge in [0, 0.05) is 28.6 Å². The van der Waals surface area contributed by atoms with Gasteiger partial charge in [0.1, 0.15) is 5.75 Å². The van der Waals surface area contributed by atoms with Gasteiger partial charge in [0.2, 0.25) is 0 Å². The summed E-state index contributed by atoms with van der Waals surface area (Å²) < 4.78 is 5.27. The summed E-state index contributed by atoms with van der Waals surface area (Å²) in [4.78, 5) is 20.2. The topological polar surface area (TPSA) is 96.7 Å². The van der Waals surface area contributed by atoms with E-state index in [0.29, 0.717) is 22.2 Å². The molecule has 166 valence electrons. The number of rotatable bonds is 8. The van der Waals surface area contributed by atoms with Crippen molar-refractivity contribution in [3.8, 4) is 16.9 Å². The van der Waals surface area contributed by atoms with Crippen molar-refractivity contribution < 1.29 is 14.6 Å². The molecule has 0 saturated carbocycles. The molecular weight excluding hydrogens is 440 g/mol. The number of benzene rings is 2. The standard InChI is InChI=1S/C25H21ClN4O3/c1-33-20-10-6-16(7-11-20)21-15-18-3-2-14-27-24(18)28-25(21)30-29-22(12-13-23(31)32)17-4-8-19(26)9-5-17/h2-11,14-15H,12-13H2,1H3,(H,31,32)(H,27,28,30)/b29-22+. The Kier molecular flexibility index (Phi) is 6.80. The van der Waals surface area contributed by atoms with E-state index < -0.39 is 5.97 Å². The van der Waals surface area contributed by atoms with Crippen LogP contribution in [-0.2, 0) is 4.79 Å². The summed E-state index contributed by atoms with van der Waals surface area (Å²) in [6.45, 7) is 0. The van der Waals surface area contributed by atoms with Crippen LogP contribution in [0.2, 0.25) is 5.02 Å². The Labute approximate surface area is 195 Å². The SMILES string of the molecule is COc1ccc(-c2cc3cccnc3nc2N/N=C(\CCC(=O)O)c2ccc(Cl)cc2)cc1. The van der Waals surface area contributed by atoms with E-state index in [9.17, 15) is 4.79 Å². The van der Waals surface area contributed by atoms with Crippen LogP contribution in [-0.4, -0.2) is 33.9 Å². The molecule has 0 atom stereocenters. The van der Waals surface area contributed by atoms with Crippen molar-refractivity contribution in [1.82, 2.24) is 9.97 Å². The third-order valence-electron chi connectivity index (χ3n) is 5.04. The average Bonchev–Trinajstić information content (AvgIpc) is 2.84. The maximum absolute atomic E-state index is 11.2. The number of carboxylic acid groups (broad SMARTS) is 1. The van der Waals surface area contributed by atoms with E-state index in [1.807, 2.05) is 54.6 Å². The molecule has 2 aromatic heterocycles. The second-order valence-corrected chi connectivity index (χ2v) is 7.67. The highest BCUT2D eigenvalue weighted by atomic mass is 35.5. The lowest BCUT2D eigenvalue weighted by molar-refractivity contribution is -0.136. The van der Waals surface area contributed by atoms with E-state index in [1.165, 1.54) is 0 Å². The second kappa shape index (κ2) is 10.1.